The van der Waals surface area contributed by atoms with E-state index in [9.17, 15) is 0 Å². The largest absolute Gasteiger partial charge is 0.374 e. The Balaban J connectivity index is 1.51. The van der Waals surface area contributed by atoms with Gasteiger partial charge >= 0.3 is 0 Å². The lowest BCUT2D eigenvalue weighted by molar-refractivity contribution is -0.0370. The smallest absolute Gasteiger partial charge is 0.0826 e. The predicted molar refractivity (Wildman–Crippen MR) is 71.3 cm³/mol. The summed E-state index contributed by atoms with van der Waals surface area (Å²) >= 11 is 0. The van der Waals surface area contributed by atoms with Crippen molar-refractivity contribution < 1.29 is 4.74 Å². The standard InChI is InChI=1S/C14H28N2O/c1-12(2)16-8-9-17-14(11-16)10-15-7-3-4-13-5-6-13/h12-15H,3-11H2,1-2H3. The monoisotopic (exact) mass is 240 g/mol. The Kier molecular flexibility index (Phi) is 5.26. The second-order valence-electron chi connectivity index (χ2n) is 5.87. The van der Waals surface area contributed by atoms with Crippen LogP contribution in [0.2, 0.25) is 0 Å². The molecule has 1 unspecified atom stereocenters. The SMILES string of the molecule is CC(C)N1CCOC(CNCCCC2CC2)C1. The van der Waals surface area contributed by atoms with Gasteiger partial charge in [-0.2, -0.15) is 0 Å². The summed E-state index contributed by atoms with van der Waals surface area (Å²) in [6.45, 7) is 9.80. The normalized spacial score (nSPS) is 26.6. The zero-order chi connectivity index (χ0) is 12.1. The minimum atomic E-state index is 0.395. The molecule has 3 heteroatoms. The highest BCUT2D eigenvalue weighted by atomic mass is 16.5. The molecule has 3 nitrogen and oxygen atoms in total. The summed E-state index contributed by atoms with van der Waals surface area (Å²) in [6.07, 6.45) is 6.12. The molecule has 1 saturated heterocycles. The molecule has 0 bridgehead atoms. The van der Waals surface area contributed by atoms with Crippen molar-refractivity contribution >= 4 is 0 Å². The second-order valence-corrected chi connectivity index (χ2v) is 5.87. The molecule has 1 aliphatic heterocycles. The van der Waals surface area contributed by atoms with Gasteiger partial charge in [0.2, 0.25) is 0 Å². The molecule has 100 valence electrons. The summed E-state index contributed by atoms with van der Waals surface area (Å²) in [5.41, 5.74) is 0. The molecule has 1 N–H and O–H groups in total. The molecule has 0 radical (unpaired) electrons. The van der Waals surface area contributed by atoms with Crippen molar-refractivity contribution in [1.29, 1.82) is 0 Å². The Morgan fingerprint density at radius 2 is 2.18 bits per heavy atom. The first-order valence-electron chi connectivity index (χ1n) is 7.32. The summed E-state index contributed by atoms with van der Waals surface area (Å²) in [5.74, 6) is 1.07. The van der Waals surface area contributed by atoms with Gasteiger partial charge in [0.1, 0.15) is 0 Å². The zero-order valence-corrected chi connectivity index (χ0v) is 11.5. The molecular weight excluding hydrogens is 212 g/mol. The molecule has 0 aromatic carbocycles. The van der Waals surface area contributed by atoms with E-state index in [4.69, 9.17) is 4.74 Å². The maximum Gasteiger partial charge on any atom is 0.0826 e. The third-order valence-corrected chi connectivity index (χ3v) is 3.94. The van der Waals surface area contributed by atoms with Crippen LogP contribution in [0.3, 0.4) is 0 Å². The van der Waals surface area contributed by atoms with Crippen LogP contribution in [0.1, 0.15) is 39.5 Å². The maximum atomic E-state index is 5.79. The zero-order valence-electron chi connectivity index (χ0n) is 11.5. The molecule has 0 aromatic heterocycles. The number of hydrogen-bond donors (Lipinski definition) is 1. The maximum absolute atomic E-state index is 5.79. The van der Waals surface area contributed by atoms with Crippen molar-refractivity contribution in [3.05, 3.63) is 0 Å². The number of nitrogens with one attached hydrogen (secondary N) is 1. The molecule has 2 aliphatic rings. The first-order chi connectivity index (χ1) is 8.25. The van der Waals surface area contributed by atoms with Gasteiger partial charge in [-0.3, -0.25) is 4.90 Å². The minimum Gasteiger partial charge on any atom is -0.374 e. The van der Waals surface area contributed by atoms with E-state index in [2.05, 4.69) is 24.1 Å². The highest BCUT2D eigenvalue weighted by Crippen LogP contribution is 2.33. The van der Waals surface area contributed by atoms with Crippen LogP contribution in [0.5, 0.6) is 0 Å². The van der Waals surface area contributed by atoms with Crippen LogP contribution in [-0.4, -0.2) is 49.8 Å². The Bertz CT molecular complexity index is 216. The summed E-state index contributed by atoms with van der Waals surface area (Å²) in [7, 11) is 0. The van der Waals surface area contributed by atoms with E-state index >= 15 is 0 Å². The lowest BCUT2D eigenvalue weighted by Gasteiger charge is -2.35. The quantitative estimate of drug-likeness (QED) is 0.688. The Hall–Kier alpha value is -0.120. The Morgan fingerprint density at radius 1 is 1.35 bits per heavy atom. The number of morpholine rings is 1. The van der Waals surface area contributed by atoms with Gasteiger partial charge in [-0.15, -0.1) is 0 Å². The first kappa shape index (κ1) is 13.3. The minimum absolute atomic E-state index is 0.395. The molecular formula is C14H28N2O. The lowest BCUT2D eigenvalue weighted by atomic mass is 10.2. The molecule has 17 heavy (non-hydrogen) atoms. The van der Waals surface area contributed by atoms with E-state index in [-0.39, 0.29) is 0 Å². The fourth-order valence-corrected chi connectivity index (χ4v) is 2.52. The van der Waals surface area contributed by atoms with Gasteiger partial charge in [-0.05, 0) is 39.2 Å². The van der Waals surface area contributed by atoms with E-state index in [0.29, 0.717) is 12.1 Å². The van der Waals surface area contributed by atoms with Crippen molar-refractivity contribution in [2.24, 2.45) is 5.92 Å². The highest BCUT2D eigenvalue weighted by Gasteiger charge is 2.22. The third-order valence-electron chi connectivity index (χ3n) is 3.94. The van der Waals surface area contributed by atoms with Crippen LogP contribution in [0.25, 0.3) is 0 Å². The van der Waals surface area contributed by atoms with Crippen LogP contribution in [0.4, 0.5) is 0 Å². The summed E-state index contributed by atoms with van der Waals surface area (Å²) in [5, 5.41) is 3.55. The first-order valence-corrected chi connectivity index (χ1v) is 7.32. The molecule has 1 atom stereocenters. The van der Waals surface area contributed by atoms with E-state index in [1.165, 1.54) is 25.7 Å². The molecule has 2 rings (SSSR count). The van der Waals surface area contributed by atoms with Crippen molar-refractivity contribution in [2.45, 2.75) is 51.7 Å². The van der Waals surface area contributed by atoms with Gasteiger partial charge in [0.15, 0.2) is 0 Å². The van der Waals surface area contributed by atoms with Gasteiger partial charge in [-0.1, -0.05) is 12.8 Å². The van der Waals surface area contributed by atoms with Crippen molar-refractivity contribution in [2.75, 3.05) is 32.8 Å². The fraction of sp³-hybridized carbons (Fsp3) is 1.00. The summed E-state index contributed by atoms with van der Waals surface area (Å²) < 4.78 is 5.79. The molecule has 1 saturated carbocycles. The van der Waals surface area contributed by atoms with Crippen LogP contribution >= 0.6 is 0 Å². The summed E-state index contributed by atoms with van der Waals surface area (Å²) in [4.78, 5) is 2.51. The Morgan fingerprint density at radius 3 is 2.88 bits per heavy atom. The summed E-state index contributed by atoms with van der Waals surface area (Å²) in [6, 6.07) is 0.649. The van der Waals surface area contributed by atoms with Crippen molar-refractivity contribution in [1.82, 2.24) is 10.2 Å². The van der Waals surface area contributed by atoms with E-state index < -0.39 is 0 Å². The highest BCUT2D eigenvalue weighted by molar-refractivity contribution is 4.76. The van der Waals surface area contributed by atoms with Crippen LogP contribution in [0, 0.1) is 5.92 Å². The van der Waals surface area contributed by atoms with E-state index in [0.717, 1.165) is 38.7 Å². The molecule has 2 fully saturated rings. The van der Waals surface area contributed by atoms with E-state index in [1.54, 1.807) is 0 Å². The number of hydrogen-bond acceptors (Lipinski definition) is 3. The van der Waals surface area contributed by atoms with Gasteiger partial charge in [-0.25, -0.2) is 0 Å². The van der Waals surface area contributed by atoms with E-state index in [1.807, 2.05) is 0 Å². The van der Waals surface area contributed by atoms with Crippen molar-refractivity contribution in [3.8, 4) is 0 Å². The lowest BCUT2D eigenvalue weighted by Crippen LogP contribution is -2.49. The second kappa shape index (κ2) is 6.72. The van der Waals surface area contributed by atoms with Gasteiger partial charge < -0.3 is 10.1 Å². The Labute approximate surface area is 106 Å². The molecule has 0 spiro atoms. The van der Waals surface area contributed by atoms with Gasteiger partial charge in [0.05, 0.1) is 12.7 Å². The topological polar surface area (TPSA) is 24.5 Å². The average Bonchev–Trinajstić information content (AvgIpc) is 3.13. The van der Waals surface area contributed by atoms with Crippen LogP contribution in [-0.2, 0) is 4.74 Å². The number of ether oxygens (including phenoxy) is 1. The molecule has 0 amide bonds. The average molecular weight is 240 g/mol. The predicted octanol–water partition coefficient (Wildman–Crippen LogP) is 1.88. The third kappa shape index (κ3) is 4.94. The van der Waals surface area contributed by atoms with Gasteiger partial charge in [0.25, 0.3) is 0 Å². The number of nitrogens with zero attached hydrogens (tertiary/aromatic N) is 1. The van der Waals surface area contributed by atoms with Crippen LogP contribution < -0.4 is 5.32 Å². The fourth-order valence-electron chi connectivity index (χ4n) is 2.52. The van der Waals surface area contributed by atoms with Crippen LogP contribution in [0.15, 0.2) is 0 Å². The van der Waals surface area contributed by atoms with Gasteiger partial charge in [0, 0.05) is 25.7 Å². The number of rotatable bonds is 7. The molecule has 0 aromatic rings. The molecule has 1 heterocycles. The molecule has 1 aliphatic carbocycles. The van der Waals surface area contributed by atoms with Crippen molar-refractivity contribution in [3.63, 3.8) is 0 Å².